The summed E-state index contributed by atoms with van der Waals surface area (Å²) in [5, 5.41) is 0. The number of hydrogen-bond donors (Lipinski definition) is 0. The number of epoxide rings is 2. The van der Waals surface area contributed by atoms with Crippen molar-refractivity contribution in [2.24, 2.45) is 0 Å². The lowest BCUT2D eigenvalue weighted by Crippen LogP contribution is -2.13. The van der Waals surface area contributed by atoms with E-state index < -0.39 is 11.9 Å². The van der Waals surface area contributed by atoms with Crippen molar-refractivity contribution in [2.45, 2.75) is 12.2 Å². The van der Waals surface area contributed by atoms with E-state index in [9.17, 15) is 9.59 Å². The van der Waals surface area contributed by atoms with Crippen LogP contribution in [0.25, 0.3) is 11.1 Å². The second-order valence-corrected chi connectivity index (χ2v) is 6.20. The molecule has 0 aromatic heterocycles. The molecule has 2 fully saturated rings. The molecule has 26 heavy (non-hydrogen) atoms. The first kappa shape index (κ1) is 16.8. The second kappa shape index (κ2) is 7.27. The van der Waals surface area contributed by atoms with Gasteiger partial charge in [-0.15, -0.1) is 0 Å². The Morgan fingerprint density at radius 2 is 1.15 bits per heavy atom. The highest BCUT2D eigenvalue weighted by molar-refractivity contribution is 6.03. The third kappa shape index (κ3) is 3.92. The monoisotopic (exact) mass is 354 g/mol. The Morgan fingerprint density at radius 3 is 1.54 bits per heavy atom. The molecule has 2 aliphatic heterocycles. The molecule has 2 aromatic carbocycles. The van der Waals surface area contributed by atoms with Gasteiger partial charge in [0.15, 0.2) is 0 Å². The van der Waals surface area contributed by atoms with Crippen LogP contribution in [0.3, 0.4) is 0 Å². The number of carbonyl (C=O) groups excluding carboxylic acids is 2. The van der Waals surface area contributed by atoms with E-state index in [0.29, 0.717) is 35.5 Å². The lowest BCUT2D eigenvalue weighted by Gasteiger charge is -2.13. The van der Waals surface area contributed by atoms with Crippen molar-refractivity contribution in [3.05, 3.63) is 59.7 Å². The molecule has 2 heterocycles. The topological polar surface area (TPSA) is 77.7 Å². The number of ether oxygens (including phenoxy) is 4. The van der Waals surface area contributed by atoms with Crippen molar-refractivity contribution in [1.29, 1.82) is 0 Å². The van der Waals surface area contributed by atoms with Gasteiger partial charge in [-0.2, -0.15) is 0 Å². The smallest absolute Gasteiger partial charge is 0.338 e. The van der Waals surface area contributed by atoms with Crippen molar-refractivity contribution in [3.63, 3.8) is 0 Å². The van der Waals surface area contributed by atoms with Gasteiger partial charge < -0.3 is 18.9 Å². The highest BCUT2D eigenvalue weighted by Crippen LogP contribution is 2.29. The number of esters is 2. The Bertz CT molecular complexity index is 753. The number of carbonyl (C=O) groups is 2. The third-order valence-electron chi connectivity index (χ3n) is 4.19. The molecule has 2 atom stereocenters. The molecule has 0 N–H and O–H groups in total. The van der Waals surface area contributed by atoms with Gasteiger partial charge in [0.25, 0.3) is 0 Å². The minimum atomic E-state index is -0.439. The molecule has 0 amide bonds. The summed E-state index contributed by atoms with van der Waals surface area (Å²) in [5.74, 6) is -0.878. The van der Waals surface area contributed by atoms with Crippen molar-refractivity contribution >= 4 is 11.9 Å². The van der Waals surface area contributed by atoms with Gasteiger partial charge in [-0.1, -0.05) is 36.4 Å². The Morgan fingerprint density at radius 1 is 0.769 bits per heavy atom. The molecule has 0 spiro atoms. The summed E-state index contributed by atoms with van der Waals surface area (Å²) in [6.07, 6.45) is -0.00367. The molecule has 134 valence electrons. The predicted molar refractivity (Wildman–Crippen MR) is 91.9 cm³/mol. The summed E-state index contributed by atoms with van der Waals surface area (Å²) in [4.78, 5) is 24.9. The van der Waals surface area contributed by atoms with Gasteiger partial charge in [0.05, 0.1) is 24.3 Å². The van der Waals surface area contributed by atoms with E-state index in [4.69, 9.17) is 18.9 Å². The van der Waals surface area contributed by atoms with Crippen LogP contribution in [0, 0.1) is 0 Å². The van der Waals surface area contributed by atoms with Gasteiger partial charge in [-0.25, -0.2) is 9.59 Å². The van der Waals surface area contributed by atoms with Crippen LogP contribution in [0.4, 0.5) is 0 Å². The first-order valence-corrected chi connectivity index (χ1v) is 8.48. The number of hydrogen-bond acceptors (Lipinski definition) is 6. The molecule has 2 aromatic rings. The largest absolute Gasteiger partial charge is 0.459 e. The predicted octanol–water partition coefficient (Wildman–Crippen LogP) is 2.46. The second-order valence-electron chi connectivity index (χ2n) is 6.20. The Balaban J connectivity index is 1.60. The minimum Gasteiger partial charge on any atom is -0.459 e. The average Bonchev–Trinajstić information content (AvgIpc) is 3.58. The Hall–Kier alpha value is -2.70. The van der Waals surface area contributed by atoms with E-state index >= 15 is 0 Å². The summed E-state index contributed by atoms with van der Waals surface area (Å²) in [6.45, 7) is 1.71. The lowest BCUT2D eigenvalue weighted by atomic mass is 9.95. The molecule has 2 saturated heterocycles. The number of rotatable bonds is 7. The molecule has 6 nitrogen and oxygen atoms in total. The molecular weight excluding hydrogens is 336 g/mol. The van der Waals surface area contributed by atoms with Gasteiger partial charge in [0.1, 0.15) is 25.4 Å². The van der Waals surface area contributed by atoms with Crippen molar-refractivity contribution < 1.29 is 28.5 Å². The van der Waals surface area contributed by atoms with Crippen LogP contribution in [-0.4, -0.2) is 50.6 Å². The van der Waals surface area contributed by atoms with Crippen LogP contribution < -0.4 is 0 Å². The molecule has 2 unspecified atom stereocenters. The quantitative estimate of drug-likeness (QED) is 0.561. The average molecular weight is 354 g/mol. The summed E-state index contributed by atoms with van der Waals surface area (Å²) in [6, 6.07) is 14.1. The van der Waals surface area contributed by atoms with Crippen LogP contribution in [0.5, 0.6) is 0 Å². The van der Waals surface area contributed by atoms with Crippen molar-refractivity contribution in [3.8, 4) is 11.1 Å². The highest BCUT2D eigenvalue weighted by Gasteiger charge is 2.27. The van der Waals surface area contributed by atoms with Gasteiger partial charge in [0, 0.05) is 0 Å². The summed E-state index contributed by atoms with van der Waals surface area (Å²) >= 11 is 0. The van der Waals surface area contributed by atoms with Crippen molar-refractivity contribution in [2.75, 3.05) is 26.4 Å². The Kier molecular flexibility index (Phi) is 4.69. The van der Waals surface area contributed by atoms with E-state index in [1.54, 1.807) is 36.4 Å². The lowest BCUT2D eigenvalue weighted by molar-refractivity contribution is 0.0467. The van der Waals surface area contributed by atoms with Crippen LogP contribution in [0.2, 0.25) is 0 Å². The molecule has 0 radical (unpaired) electrons. The first-order chi connectivity index (χ1) is 12.7. The van der Waals surface area contributed by atoms with E-state index in [-0.39, 0.29) is 25.4 Å². The maximum absolute atomic E-state index is 12.5. The van der Waals surface area contributed by atoms with Gasteiger partial charge in [0.2, 0.25) is 0 Å². The van der Waals surface area contributed by atoms with E-state index in [2.05, 4.69) is 0 Å². The summed E-state index contributed by atoms with van der Waals surface area (Å²) in [7, 11) is 0. The maximum atomic E-state index is 12.5. The molecule has 0 bridgehead atoms. The minimum absolute atomic E-state index is 0.00183. The molecular formula is C20H18O6. The SMILES string of the molecule is O=C(OCC1CO1)c1ccccc1-c1ccccc1C(=O)OCC1CO1. The van der Waals surface area contributed by atoms with E-state index in [1.807, 2.05) is 12.1 Å². The van der Waals surface area contributed by atoms with Crippen LogP contribution in [0.1, 0.15) is 20.7 Å². The fraction of sp³-hybridized carbons (Fsp3) is 0.300. The van der Waals surface area contributed by atoms with Gasteiger partial charge in [-0.3, -0.25) is 0 Å². The molecule has 0 saturated carbocycles. The van der Waals surface area contributed by atoms with Gasteiger partial charge in [-0.05, 0) is 23.3 Å². The molecule has 2 aliphatic rings. The van der Waals surface area contributed by atoms with Crippen LogP contribution >= 0.6 is 0 Å². The zero-order valence-electron chi connectivity index (χ0n) is 14.1. The van der Waals surface area contributed by atoms with E-state index in [0.717, 1.165) is 0 Å². The molecule has 4 rings (SSSR count). The van der Waals surface area contributed by atoms with E-state index in [1.165, 1.54) is 0 Å². The van der Waals surface area contributed by atoms with Crippen LogP contribution in [-0.2, 0) is 18.9 Å². The zero-order chi connectivity index (χ0) is 17.9. The first-order valence-electron chi connectivity index (χ1n) is 8.48. The Labute approximate surface area is 150 Å². The maximum Gasteiger partial charge on any atom is 0.338 e. The highest BCUT2D eigenvalue weighted by atomic mass is 16.6. The molecule has 6 heteroatoms. The zero-order valence-corrected chi connectivity index (χ0v) is 14.1. The standard InChI is InChI=1S/C20H18O6/c21-19(25-11-13-9-23-13)17-7-3-1-5-15(17)16-6-2-4-8-18(16)20(22)26-12-14-10-24-14/h1-8,13-14H,9-12H2. The normalized spacial score (nSPS) is 20.3. The third-order valence-corrected chi connectivity index (χ3v) is 4.19. The fourth-order valence-corrected chi connectivity index (χ4v) is 2.61. The fourth-order valence-electron chi connectivity index (χ4n) is 2.61. The van der Waals surface area contributed by atoms with Gasteiger partial charge >= 0.3 is 11.9 Å². The number of benzene rings is 2. The molecule has 0 aliphatic carbocycles. The van der Waals surface area contributed by atoms with Crippen LogP contribution in [0.15, 0.2) is 48.5 Å². The summed E-state index contributed by atoms with van der Waals surface area (Å²) in [5.41, 5.74) is 2.06. The van der Waals surface area contributed by atoms with Crippen molar-refractivity contribution in [1.82, 2.24) is 0 Å². The summed E-state index contributed by atoms with van der Waals surface area (Å²) < 4.78 is 20.7.